The van der Waals surface area contributed by atoms with Crippen molar-refractivity contribution in [2.75, 3.05) is 0 Å². The normalized spacial score (nSPS) is 8.60. The summed E-state index contributed by atoms with van der Waals surface area (Å²) in [6.45, 7) is 0. The summed E-state index contributed by atoms with van der Waals surface area (Å²) in [4.78, 5) is 2.95. The summed E-state index contributed by atoms with van der Waals surface area (Å²) in [5, 5.41) is 7.55. The van der Waals surface area contributed by atoms with Crippen molar-refractivity contribution in [3.05, 3.63) is 18.2 Å². The second-order valence-electron chi connectivity index (χ2n) is 2.30. The number of thioether (sulfide) groups is 3. The molecule has 72 valence electrons. The van der Waals surface area contributed by atoms with Crippen molar-refractivity contribution in [2.45, 2.75) is 14.7 Å². The fourth-order valence-electron chi connectivity index (χ4n) is 0.927. The van der Waals surface area contributed by atoms with Crippen LogP contribution in [0.4, 0.5) is 0 Å². The Labute approximate surface area is 103 Å². The highest BCUT2D eigenvalue weighted by atomic mass is 32.2. The van der Waals surface area contributed by atoms with Crippen molar-refractivity contribution in [1.29, 1.82) is 0 Å². The molecule has 0 spiro atoms. The zero-order valence-corrected chi connectivity index (χ0v) is 10.1. The van der Waals surface area contributed by atoms with Crippen LogP contribution in [0.5, 0.6) is 0 Å². The summed E-state index contributed by atoms with van der Waals surface area (Å²) in [7, 11) is 0. The van der Waals surface area contributed by atoms with Crippen molar-refractivity contribution in [2.24, 2.45) is 0 Å². The lowest BCUT2D eigenvalue weighted by atomic mass is 10.4. The fourth-order valence-corrected chi connectivity index (χ4v) is 2.67. The molecule has 0 nitrogen and oxygen atoms in total. The molecule has 0 unspecified atom stereocenters. The Morgan fingerprint density at radius 3 is 1.13 bits per heavy atom. The van der Waals surface area contributed by atoms with Crippen LogP contribution < -0.4 is 0 Å². The first kappa shape index (κ1) is 12.0. The molecule has 1 aromatic rings. The molecule has 3 heteroatoms. The van der Waals surface area contributed by atoms with Gasteiger partial charge in [0.05, 0.1) is 0 Å². The molecular weight excluding hydrogens is 240 g/mol. The molecule has 0 N–H and O–H groups in total. The van der Waals surface area contributed by atoms with Crippen LogP contribution in [-0.2, 0) is 0 Å². The summed E-state index contributed by atoms with van der Waals surface area (Å²) < 4.78 is 0. The highest BCUT2D eigenvalue weighted by Crippen LogP contribution is 2.30. The molecule has 15 heavy (non-hydrogen) atoms. The van der Waals surface area contributed by atoms with Crippen LogP contribution in [-0.4, -0.2) is 0 Å². The van der Waals surface area contributed by atoms with Gasteiger partial charge in [-0.15, -0.1) is 19.3 Å². The van der Waals surface area contributed by atoms with Crippen LogP contribution in [0.1, 0.15) is 0 Å². The summed E-state index contributed by atoms with van der Waals surface area (Å²) in [5.41, 5.74) is 0. The zero-order valence-electron chi connectivity index (χ0n) is 7.69. The third-order valence-corrected chi connectivity index (χ3v) is 3.15. The Balaban J connectivity index is 3.05. The van der Waals surface area contributed by atoms with E-state index in [1.54, 1.807) is 0 Å². The van der Waals surface area contributed by atoms with Crippen molar-refractivity contribution in [3.8, 4) is 35.0 Å². The van der Waals surface area contributed by atoms with Crippen molar-refractivity contribution in [1.82, 2.24) is 0 Å². The minimum atomic E-state index is 0.982. The number of benzene rings is 1. The van der Waals surface area contributed by atoms with E-state index < -0.39 is 0 Å². The van der Waals surface area contributed by atoms with E-state index in [0.29, 0.717) is 0 Å². The van der Waals surface area contributed by atoms with Crippen molar-refractivity contribution < 1.29 is 0 Å². The van der Waals surface area contributed by atoms with Crippen LogP contribution in [0, 0.1) is 35.0 Å². The van der Waals surface area contributed by atoms with Gasteiger partial charge < -0.3 is 0 Å². The summed E-state index contributed by atoms with van der Waals surface area (Å²) >= 11 is 3.96. The van der Waals surface area contributed by atoms with Gasteiger partial charge in [0.25, 0.3) is 0 Å². The molecule has 0 aliphatic heterocycles. The maximum absolute atomic E-state index is 5.23. The Morgan fingerprint density at radius 1 is 0.667 bits per heavy atom. The quantitative estimate of drug-likeness (QED) is 0.589. The van der Waals surface area contributed by atoms with Gasteiger partial charge in [0.15, 0.2) is 0 Å². The van der Waals surface area contributed by atoms with Crippen molar-refractivity contribution in [3.63, 3.8) is 0 Å². The van der Waals surface area contributed by atoms with E-state index in [-0.39, 0.29) is 0 Å². The van der Waals surface area contributed by atoms with Gasteiger partial charge in [-0.1, -0.05) is 0 Å². The minimum Gasteiger partial charge on any atom is -0.108 e. The van der Waals surface area contributed by atoms with Gasteiger partial charge >= 0.3 is 0 Å². The number of hydrogen-bond acceptors (Lipinski definition) is 3. The number of hydrogen-bond donors (Lipinski definition) is 0. The Kier molecular flexibility index (Phi) is 5.16. The SMILES string of the molecule is C#CSc1cc(SC#C)cc(SC#C)c1. The van der Waals surface area contributed by atoms with Gasteiger partial charge in [-0.3, -0.25) is 0 Å². The predicted molar refractivity (Wildman–Crippen MR) is 70.5 cm³/mol. The van der Waals surface area contributed by atoms with Crippen LogP contribution >= 0.6 is 35.3 Å². The lowest BCUT2D eigenvalue weighted by Crippen LogP contribution is -1.76. The van der Waals surface area contributed by atoms with Crippen LogP contribution in [0.25, 0.3) is 0 Å². The third-order valence-electron chi connectivity index (χ3n) is 1.38. The molecular formula is C12H6S3. The van der Waals surface area contributed by atoms with Crippen LogP contribution in [0.2, 0.25) is 0 Å². The minimum absolute atomic E-state index is 0.982. The number of terminal acetylenes is 3. The maximum atomic E-state index is 5.23. The molecule has 0 saturated carbocycles. The van der Waals surface area contributed by atoms with E-state index in [4.69, 9.17) is 19.3 Å². The third kappa shape index (κ3) is 3.90. The lowest BCUT2D eigenvalue weighted by Gasteiger charge is -2.02. The van der Waals surface area contributed by atoms with Gasteiger partial charge in [-0.25, -0.2) is 0 Å². The lowest BCUT2D eigenvalue weighted by molar-refractivity contribution is 1.24. The summed E-state index contributed by atoms with van der Waals surface area (Å²) in [6, 6.07) is 5.86. The molecule has 0 radical (unpaired) electrons. The molecule has 0 aliphatic carbocycles. The highest BCUT2D eigenvalue weighted by molar-refractivity contribution is 8.05. The average molecular weight is 246 g/mol. The van der Waals surface area contributed by atoms with Gasteiger partial charge in [0, 0.05) is 14.7 Å². The second-order valence-corrected chi connectivity index (χ2v) is 5.03. The highest BCUT2D eigenvalue weighted by Gasteiger charge is 2.01. The van der Waals surface area contributed by atoms with Gasteiger partial charge in [0.2, 0.25) is 0 Å². The second kappa shape index (κ2) is 6.44. The molecule has 0 heterocycles. The van der Waals surface area contributed by atoms with E-state index in [9.17, 15) is 0 Å². The number of rotatable bonds is 3. The molecule has 1 rings (SSSR count). The molecule has 0 amide bonds. The smallest absolute Gasteiger partial charge is 0.0226 e. The molecule has 0 fully saturated rings. The summed E-state index contributed by atoms with van der Waals surface area (Å²) in [6.07, 6.45) is 15.7. The molecule has 0 atom stereocenters. The first-order chi connectivity index (χ1) is 7.30. The molecule has 0 bridgehead atoms. The van der Waals surface area contributed by atoms with Gasteiger partial charge in [-0.2, -0.15) is 0 Å². The van der Waals surface area contributed by atoms with E-state index in [0.717, 1.165) is 14.7 Å². The van der Waals surface area contributed by atoms with Gasteiger partial charge in [0.1, 0.15) is 0 Å². The first-order valence-electron chi connectivity index (χ1n) is 3.82. The summed E-state index contributed by atoms with van der Waals surface area (Å²) in [5.74, 6) is 0. The molecule has 0 aliphatic rings. The Bertz CT molecular complexity index is 385. The monoisotopic (exact) mass is 246 g/mol. The van der Waals surface area contributed by atoms with Crippen LogP contribution in [0.15, 0.2) is 32.9 Å². The largest absolute Gasteiger partial charge is 0.108 e. The average Bonchev–Trinajstić information content (AvgIpc) is 2.19. The standard InChI is InChI=1S/C12H6S3/c1-4-13-10-7-11(14-5-2)9-12(8-10)15-6-3/h1-3,7-9H. The molecule has 1 aromatic carbocycles. The Hall–Kier alpha value is -1.05. The zero-order chi connectivity index (χ0) is 11.1. The van der Waals surface area contributed by atoms with E-state index >= 15 is 0 Å². The fraction of sp³-hybridized carbons (Fsp3) is 0. The van der Waals surface area contributed by atoms with E-state index in [1.807, 2.05) is 18.2 Å². The van der Waals surface area contributed by atoms with Gasteiger partial charge in [-0.05, 0) is 69.2 Å². The maximum Gasteiger partial charge on any atom is 0.0226 e. The van der Waals surface area contributed by atoms with Crippen LogP contribution in [0.3, 0.4) is 0 Å². The Morgan fingerprint density at radius 2 is 0.933 bits per heavy atom. The van der Waals surface area contributed by atoms with Crippen molar-refractivity contribution >= 4 is 35.3 Å². The molecule has 0 aromatic heterocycles. The predicted octanol–water partition coefficient (Wildman–Crippen LogP) is 3.74. The first-order valence-corrected chi connectivity index (χ1v) is 6.27. The topological polar surface area (TPSA) is 0 Å². The van der Waals surface area contributed by atoms with E-state index in [1.165, 1.54) is 35.3 Å². The molecule has 0 saturated heterocycles. The van der Waals surface area contributed by atoms with E-state index in [2.05, 4.69) is 15.8 Å².